The number of rotatable bonds is 3. The van der Waals surface area contributed by atoms with Gasteiger partial charge in [-0.15, -0.1) is 0 Å². The molecule has 90 valence electrons. The van der Waals surface area contributed by atoms with Gasteiger partial charge in [-0.3, -0.25) is 10.1 Å². The minimum Gasteiger partial charge on any atom is -0.315 e. The first-order valence-corrected chi connectivity index (χ1v) is 6.12. The van der Waals surface area contributed by atoms with Crippen molar-refractivity contribution in [3.63, 3.8) is 0 Å². The molecule has 0 aliphatic heterocycles. The van der Waals surface area contributed by atoms with Crippen LogP contribution in [0.3, 0.4) is 0 Å². The Hall–Kier alpha value is -1.65. The minimum atomic E-state index is -0.0136. The van der Waals surface area contributed by atoms with Crippen LogP contribution in [0.1, 0.15) is 43.8 Å². The van der Waals surface area contributed by atoms with Crippen LogP contribution >= 0.6 is 0 Å². The van der Waals surface area contributed by atoms with Crippen molar-refractivity contribution in [3.05, 3.63) is 18.0 Å². The summed E-state index contributed by atoms with van der Waals surface area (Å²) in [6, 6.07) is 0.242. The molecule has 5 heteroatoms. The first kappa shape index (κ1) is 10.5. The van der Waals surface area contributed by atoms with Crippen LogP contribution in [0.2, 0.25) is 0 Å². The number of carbonyl (C=O) groups excluding carboxylic acids is 1. The lowest BCUT2D eigenvalue weighted by Crippen LogP contribution is -2.23. The highest BCUT2D eigenvalue weighted by Crippen LogP contribution is 2.38. The number of aromatic nitrogens is 2. The number of allylic oxidation sites excluding steroid dienone is 2. The predicted molar refractivity (Wildman–Crippen MR) is 61.4 cm³/mol. The highest BCUT2D eigenvalue weighted by atomic mass is 16.5. The van der Waals surface area contributed by atoms with Gasteiger partial charge in [-0.2, -0.15) is 4.98 Å². The van der Waals surface area contributed by atoms with Gasteiger partial charge in [0.2, 0.25) is 5.91 Å². The van der Waals surface area contributed by atoms with Crippen LogP contribution in [0, 0.1) is 5.92 Å². The molecular formula is C12H15N3O2. The summed E-state index contributed by atoms with van der Waals surface area (Å²) < 4.78 is 5.02. The van der Waals surface area contributed by atoms with Crippen LogP contribution in [-0.4, -0.2) is 16.0 Å². The topological polar surface area (TPSA) is 68.0 Å². The maximum Gasteiger partial charge on any atom is 0.328 e. The van der Waals surface area contributed by atoms with Gasteiger partial charge in [0.15, 0.2) is 5.82 Å². The number of nitrogens with one attached hydrogen (secondary N) is 1. The predicted octanol–water partition coefficient (Wildman–Crippen LogP) is 2.24. The molecule has 17 heavy (non-hydrogen) atoms. The number of amides is 1. The third-order valence-electron chi connectivity index (χ3n) is 3.25. The Kier molecular flexibility index (Phi) is 2.66. The number of anilines is 1. The van der Waals surface area contributed by atoms with Gasteiger partial charge in [0.25, 0.3) is 0 Å². The number of carbonyl (C=O) groups is 1. The molecule has 1 aromatic rings. The summed E-state index contributed by atoms with van der Waals surface area (Å²) in [6.45, 7) is 0. The maximum absolute atomic E-state index is 11.9. The zero-order valence-electron chi connectivity index (χ0n) is 9.56. The molecule has 3 rings (SSSR count). The number of hydrogen-bond donors (Lipinski definition) is 1. The second-order valence-corrected chi connectivity index (χ2v) is 4.70. The van der Waals surface area contributed by atoms with Gasteiger partial charge in [-0.05, 0) is 32.1 Å². The molecule has 2 aliphatic rings. The third-order valence-corrected chi connectivity index (χ3v) is 3.25. The maximum atomic E-state index is 11.9. The fourth-order valence-electron chi connectivity index (χ4n) is 2.03. The second-order valence-electron chi connectivity index (χ2n) is 4.70. The van der Waals surface area contributed by atoms with Gasteiger partial charge in [0, 0.05) is 11.8 Å². The highest BCUT2D eigenvalue weighted by Gasteiger charge is 2.29. The molecule has 0 bridgehead atoms. The van der Waals surface area contributed by atoms with E-state index in [0.717, 1.165) is 37.9 Å². The van der Waals surface area contributed by atoms with Crippen LogP contribution in [0.25, 0.3) is 0 Å². The molecule has 2 aliphatic carbocycles. The monoisotopic (exact) mass is 233 g/mol. The van der Waals surface area contributed by atoms with Crippen molar-refractivity contribution in [2.75, 3.05) is 5.32 Å². The lowest BCUT2D eigenvalue weighted by atomic mass is 9.94. The Morgan fingerprint density at radius 2 is 2.24 bits per heavy atom. The Morgan fingerprint density at radius 1 is 1.35 bits per heavy atom. The van der Waals surface area contributed by atoms with Gasteiger partial charge < -0.3 is 4.52 Å². The van der Waals surface area contributed by atoms with E-state index in [2.05, 4.69) is 27.6 Å². The Balaban J connectivity index is 1.60. The molecule has 1 fully saturated rings. The average Bonchev–Trinajstić information content (AvgIpc) is 3.12. The van der Waals surface area contributed by atoms with E-state index in [1.807, 2.05) is 0 Å². The summed E-state index contributed by atoms with van der Waals surface area (Å²) in [5.74, 6) is 1.20. The van der Waals surface area contributed by atoms with Crippen molar-refractivity contribution in [2.45, 2.75) is 38.0 Å². The van der Waals surface area contributed by atoms with E-state index in [-0.39, 0.29) is 17.8 Å². The summed E-state index contributed by atoms with van der Waals surface area (Å²) in [6.07, 6.45) is 9.08. The molecule has 0 radical (unpaired) electrons. The van der Waals surface area contributed by atoms with E-state index in [1.54, 1.807) is 0 Å². The molecule has 1 saturated carbocycles. The summed E-state index contributed by atoms with van der Waals surface area (Å²) >= 11 is 0. The van der Waals surface area contributed by atoms with E-state index in [9.17, 15) is 4.79 Å². The Labute approximate surface area is 99.3 Å². The quantitative estimate of drug-likeness (QED) is 0.813. The van der Waals surface area contributed by atoms with Crippen molar-refractivity contribution >= 4 is 11.9 Å². The molecule has 1 atom stereocenters. The Bertz CT molecular complexity index is 448. The minimum absolute atomic E-state index is 0.0136. The van der Waals surface area contributed by atoms with Crippen LogP contribution in [0.15, 0.2) is 16.7 Å². The van der Waals surface area contributed by atoms with Crippen molar-refractivity contribution < 1.29 is 9.32 Å². The molecule has 0 saturated heterocycles. The molecule has 1 unspecified atom stereocenters. The van der Waals surface area contributed by atoms with E-state index in [1.165, 1.54) is 0 Å². The van der Waals surface area contributed by atoms with E-state index >= 15 is 0 Å². The smallest absolute Gasteiger partial charge is 0.315 e. The summed E-state index contributed by atoms with van der Waals surface area (Å²) in [7, 11) is 0. The lowest BCUT2D eigenvalue weighted by Gasteiger charge is -2.15. The lowest BCUT2D eigenvalue weighted by molar-refractivity contribution is -0.120. The molecule has 1 heterocycles. The zero-order chi connectivity index (χ0) is 11.7. The first-order valence-electron chi connectivity index (χ1n) is 6.12. The standard InChI is InChI=1S/C12H15N3O2/c16-11(9-4-2-1-3-5-9)14-12-13-10(15-17-12)8-6-7-8/h1-2,8-9H,3-7H2,(H,13,14,15,16). The molecule has 1 amide bonds. The fraction of sp³-hybridized carbons (Fsp3) is 0.583. The van der Waals surface area contributed by atoms with Gasteiger partial charge in [0.05, 0.1) is 0 Å². The van der Waals surface area contributed by atoms with Crippen molar-refractivity contribution in [3.8, 4) is 0 Å². The zero-order valence-corrected chi connectivity index (χ0v) is 9.56. The molecule has 1 N–H and O–H groups in total. The fourth-order valence-corrected chi connectivity index (χ4v) is 2.03. The summed E-state index contributed by atoms with van der Waals surface area (Å²) in [5, 5.41) is 6.56. The van der Waals surface area contributed by atoms with E-state index in [4.69, 9.17) is 4.52 Å². The Morgan fingerprint density at radius 3 is 2.94 bits per heavy atom. The van der Waals surface area contributed by atoms with Crippen LogP contribution in [0.4, 0.5) is 6.01 Å². The van der Waals surface area contributed by atoms with Gasteiger partial charge in [-0.1, -0.05) is 17.3 Å². The van der Waals surface area contributed by atoms with Gasteiger partial charge in [0.1, 0.15) is 0 Å². The second kappa shape index (κ2) is 4.31. The van der Waals surface area contributed by atoms with E-state index in [0.29, 0.717) is 5.92 Å². The average molecular weight is 233 g/mol. The SMILES string of the molecule is O=C(Nc1nc(C2CC2)no1)C1CC=CCC1. The third kappa shape index (κ3) is 2.38. The van der Waals surface area contributed by atoms with Crippen molar-refractivity contribution in [1.82, 2.24) is 10.1 Å². The largest absolute Gasteiger partial charge is 0.328 e. The molecule has 0 spiro atoms. The number of hydrogen-bond acceptors (Lipinski definition) is 4. The van der Waals surface area contributed by atoms with Crippen molar-refractivity contribution in [1.29, 1.82) is 0 Å². The van der Waals surface area contributed by atoms with Crippen LogP contribution in [0.5, 0.6) is 0 Å². The first-order chi connectivity index (χ1) is 8.33. The molecule has 0 aromatic carbocycles. The van der Waals surface area contributed by atoms with Gasteiger partial charge >= 0.3 is 6.01 Å². The normalized spacial score (nSPS) is 23.6. The summed E-state index contributed by atoms with van der Waals surface area (Å²) in [4.78, 5) is 16.1. The molecule has 5 nitrogen and oxygen atoms in total. The van der Waals surface area contributed by atoms with E-state index < -0.39 is 0 Å². The summed E-state index contributed by atoms with van der Waals surface area (Å²) in [5.41, 5.74) is 0. The highest BCUT2D eigenvalue weighted by molar-refractivity contribution is 5.90. The van der Waals surface area contributed by atoms with Crippen LogP contribution < -0.4 is 5.32 Å². The van der Waals surface area contributed by atoms with Gasteiger partial charge in [-0.25, -0.2) is 0 Å². The molecule has 1 aromatic heterocycles. The number of nitrogens with zero attached hydrogens (tertiary/aromatic N) is 2. The van der Waals surface area contributed by atoms with Crippen LogP contribution in [-0.2, 0) is 4.79 Å². The van der Waals surface area contributed by atoms with Crippen molar-refractivity contribution in [2.24, 2.45) is 5.92 Å². The molecular weight excluding hydrogens is 218 g/mol.